The van der Waals surface area contributed by atoms with Gasteiger partial charge in [-0.25, -0.2) is 0 Å². The van der Waals surface area contributed by atoms with E-state index in [-0.39, 0.29) is 11.1 Å². The lowest BCUT2D eigenvalue weighted by Gasteiger charge is -2.37. The summed E-state index contributed by atoms with van der Waals surface area (Å²) < 4.78 is 0. The van der Waals surface area contributed by atoms with Gasteiger partial charge < -0.3 is 10.6 Å². The van der Waals surface area contributed by atoms with E-state index in [2.05, 4.69) is 52.2 Å². The molecule has 0 heterocycles. The first kappa shape index (κ1) is 17.3. The smallest absolute Gasteiger partial charge is 0.00966 e. The third-order valence-corrected chi connectivity index (χ3v) is 5.62. The predicted octanol–water partition coefficient (Wildman–Crippen LogP) is 4.35. The largest absolute Gasteiger partial charge is 0.312 e. The van der Waals surface area contributed by atoms with Gasteiger partial charge in [-0.1, -0.05) is 0 Å². The Kier molecular flexibility index (Phi) is 5.10. The topological polar surface area (TPSA) is 24.1 Å². The second-order valence-corrected chi connectivity index (χ2v) is 9.82. The Morgan fingerprint density at radius 3 is 2.24 bits per heavy atom. The third-order valence-electron chi connectivity index (χ3n) is 5.62. The first-order valence-electron chi connectivity index (χ1n) is 9.10. The maximum atomic E-state index is 3.77. The van der Waals surface area contributed by atoms with E-state index in [0.29, 0.717) is 5.41 Å². The molecule has 2 N–H and O–H groups in total. The number of rotatable bonds is 6. The van der Waals surface area contributed by atoms with Gasteiger partial charge in [-0.3, -0.25) is 0 Å². The van der Waals surface area contributed by atoms with Crippen molar-refractivity contribution in [2.45, 2.75) is 91.1 Å². The van der Waals surface area contributed by atoms with Gasteiger partial charge in [-0.2, -0.15) is 0 Å². The van der Waals surface area contributed by atoms with Crippen LogP contribution in [0.25, 0.3) is 0 Å². The molecule has 0 saturated heterocycles. The molecule has 0 spiro atoms. The van der Waals surface area contributed by atoms with Gasteiger partial charge in [0.1, 0.15) is 0 Å². The van der Waals surface area contributed by atoms with Crippen LogP contribution in [0, 0.1) is 17.3 Å². The molecule has 2 nitrogen and oxygen atoms in total. The van der Waals surface area contributed by atoms with Crippen molar-refractivity contribution in [1.29, 1.82) is 0 Å². The summed E-state index contributed by atoms with van der Waals surface area (Å²) in [4.78, 5) is 0. The number of fused-ring (bicyclic) bond motifs is 2. The van der Waals surface area contributed by atoms with Gasteiger partial charge in [0.25, 0.3) is 0 Å². The highest BCUT2D eigenvalue weighted by atomic mass is 15.0. The van der Waals surface area contributed by atoms with Gasteiger partial charge in [-0.15, -0.1) is 0 Å². The molecule has 124 valence electrons. The highest BCUT2D eigenvalue weighted by Gasteiger charge is 2.50. The monoisotopic (exact) mass is 294 g/mol. The molecule has 3 atom stereocenters. The van der Waals surface area contributed by atoms with Crippen molar-refractivity contribution in [3.8, 4) is 0 Å². The van der Waals surface area contributed by atoms with E-state index in [1.807, 2.05) is 0 Å². The van der Waals surface area contributed by atoms with E-state index in [9.17, 15) is 0 Å². The van der Waals surface area contributed by atoms with Gasteiger partial charge in [0.15, 0.2) is 0 Å². The first-order valence-corrected chi connectivity index (χ1v) is 9.10. The normalized spacial score (nSPS) is 32.9. The highest BCUT2D eigenvalue weighted by Crippen LogP contribution is 2.59. The number of nitrogens with one attached hydrogen (secondary N) is 2. The van der Waals surface area contributed by atoms with Crippen molar-refractivity contribution in [2.75, 3.05) is 13.1 Å². The maximum absolute atomic E-state index is 3.77. The Hall–Kier alpha value is -0.0800. The van der Waals surface area contributed by atoms with Crippen LogP contribution < -0.4 is 10.6 Å². The second-order valence-electron chi connectivity index (χ2n) is 9.82. The summed E-state index contributed by atoms with van der Waals surface area (Å²) in [6.07, 6.45) is 8.76. The molecule has 0 radical (unpaired) electrons. The third kappa shape index (κ3) is 4.96. The molecule has 0 aromatic rings. The lowest BCUT2D eigenvalue weighted by Crippen LogP contribution is -2.43. The van der Waals surface area contributed by atoms with E-state index >= 15 is 0 Å². The maximum Gasteiger partial charge on any atom is 0.00966 e. The Labute approximate surface area is 132 Å². The molecule has 0 aromatic heterocycles. The molecule has 3 unspecified atom stereocenters. The average molecular weight is 295 g/mol. The molecular formula is C19H38N2. The summed E-state index contributed by atoms with van der Waals surface area (Å²) in [6, 6.07) is 0. The lowest BCUT2D eigenvalue weighted by atomic mass is 9.71. The Balaban J connectivity index is 1.82. The summed E-state index contributed by atoms with van der Waals surface area (Å²) in [5, 5.41) is 7.43. The highest BCUT2D eigenvalue weighted by molar-refractivity contribution is 5.02. The summed E-state index contributed by atoms with van der Waals surface area (Å²) >= 11 is 0. The quantitative estimate of drug-likeness (QED) is 0.712. The van der Waals surface area contributed by atoms with E-state index in [1.54, 1.807) is 0 Å². The van der Waals surface area contributed by atoms with Crippen LogP contribution >= 0.6 is 0 Å². The van der Waals surface area contributed by atoms with Crippen LogP contribution in [0.2, 0.25) is 0 Å². The van der Waals surface area contributed by atoms with E-state index in [1.165, 1.54) is 51.6 Å². The molecular weight excluding hydrogens is 256 g/mol. The van der Waals surface area contributed by atoms with Crippen LogP contribution in [0.4, 0.5) is 0 Å². The van der Waals surface area contributed by atoms with Crippen molar-refractivity contribution in [3.05, 3.63) is 0 Å². The van der Waals surface area contributed by atoms with Crippen LogP contribution in [-0.2, 0) is 0 Å². The summed E-state index contributed by atoms with van der Waals surface area (Å²) in [5.74, 6) is 1.96. The minimum Gasteiger partial charge on any atom is -0.312 e. The van der Waals surface area contributed by atoms with Gasteiger partial charge in [0, 0.05) is 11.1 Å². The first-order chi connectivity index (χ1) is 9.60. The molecule has 2 aliphatic rings. The SMILES string of the molecule is CC(C)(C)NCCCC12CCC(CC1CNC(C)(C)C)C2. The summed E-state index contributed by atoms with van der Waals surface area (Å²) in [6.45, 7) is 16.1. The zero-order valence-electron chi connectivity index (χ0n) is 15.3. The zero-order valence-corrected chi connectivity index (χ0v) is 15.3. The van der Waals surface area contributed by atoms with Crippen molar-refractivity contribution in [2.24, 2.45) is 17.3 Å². The van der Waals surface area contributed by atoms with Crippen molar-refractivity contribution < 1.29 is 0 Å². The van der Waals surface area contributed by atoms with E-state index in [0.717, 1.165) is 11.8 Å². The average Bonchev–Trinajstić information content (AvgIpc) is 2.88. The standard InChI is InChI=1S/C19H38N2/c1-17(2,3)20-11-7-9-19-10-8-15(13-19)12-16(19)14-21-18(4,5)6/h15-16,20-21H,7-14H2,1-6H3. The van der Waals surface area contributed by atoms with Gasteiger partial charge in [-0.05, 0) is 110 Å². The lowest BCUT2D eigenvalue weighted by molar-refractivity contribution is 0.151. The Morgan fingerprint density at radius 1 is 1.00 bits per heavy atom. The Morgan fingerprint density at radius 2 is 1.67 bits per heavy atom. The number of hydrogen-bond donors (Lipinski definition) is 2. The van der Waals surface area contributed by atoms with Gasteiger partial charge in [0.2, 0.25) is 0 Å². The summed E-state index contributed by atoms with van der Waals surface area (Å²) in [7, 11) is 0. The minimum absolute atomic E-state index is 0.261. The summed E-state index contributed by atoms with van der Waals surface area (Å²) in [5.41, 5.74) is 1.19. The molecule has 2 saturated carbocycles. The van der Waals surface area contributed by atoms with Crippen LogP contribution in [0.5, 0.6) is 0 Å². The molecule has 2 fully saturated rings. The molecule has 2 aliphatic carbocycles. The fourth-order valence-electron chi connectivity index (χ4n) is 4.56. The van der Waals surface area contributed by atoms with Crippen molar-refractivity contribution >= 4 is 0 Å². The molecule has 0 aliphatic heterocycles. The van der Waals surface area contributed by atoms with Gasteiger partial charge >= 0.3 is 0 Å². The second kappa shape index (κ2) is 6.20. The van der Waals surface area contributed by atoms with Crippen LogP contribution in [0.15, 0.2) is 0 Å². The fraction of sp³-hybridized carbons (Fsp3) is 1.00. The molecule has 2 bridgehead atoms. The molecule has 2 heteroatoms. The van der Waals surface area contributed by atoms with Crippen LogP contribution in [0.1, 0.15) is 80.1 Å². The zero-order chi connectivity index (χ0) is 15.7. The van der Waals surface area contributed by atoms with E-state index < -0.39 is 0 Å². The molecule has 21 heavy (non-hydrogen) atoms. The molecule has 0 aromatic carbocycles. The van der Waals surface area contributed by atoms with Crippen molar-refractivity contribution in [1.82, 2.24) is 10.6 Å². The van der Waals surface area contributed by atoms with Gasteiger partial charge in [0.05, 0.1) is 0 Å². The molecule has 0 amide bonds. The van der Waals surface area contributed by atoms with Crippen LogP contribution in [-0.4, -0.2) is 24.2 Å². The Bertz CT molecular complexity index is 336. The number of hydrogen-bond acceptors (Lipinski definition) is 2. The van der Waals surface area contributed by atoms with Crippen molar-refractivity contribution in [3.63, 3.8) is 0 Å². The van der Waals surface area contributed by atoms with E-state index in [4.69, 9.17) is 0 Å². The molecule has 2 rings (SSSR count). The fourth-order valence-corrected chi connectivity index (χ4v) is 4.56. The van der Waals surface area contributed by atoms with Crippen LogP contribution in [0.3, 0.4) is 0 Å². The minimum atomic E-state index is 0.261. The predicted molar refractivity (Wildman–Crippen MR) is 92.6 cm³/mol.